The van der Waals surface area contributed by atoms with Gasteiger partial charge in [-0.2, -0.15) is 4.98 Å². The van der Waals surface area contributed by atoms with Gasteiger partial charge in [0.05, 0.1) is 23.5 Å². The molecule has 2 aromatic heterocycles. The van der Waals surface area contributed by atoms with Crippen LogP contribution in [0.25, 0.3) is 28.7 Å². The molecule has 2 aromatic carbocycles. The van der Waals surface area contributed by atoms with Gasteiger partial charge in [0.2, 0.25) is 5.82 Å². The summed E-state index contributed by atoms with van der Waals surface area (Å²) < 4.78 is 12.2. The maximum atomic E-state index is 6.21. The zero-order chi connectivity index (χ0) is 19.0. The highest BCUT2D eigenvalue weighted by Crippen LogP contribution is 2.29. The number of hydrogen-bond acceptors (Lipinski definition) is 6. The molecule has 0 aliphatic rings. The van der Waals surface area contributed by atoms with E-state index in [1.807, 2.05) is 44.2 Å². The average Bonchev–Trinajstić information content (AvgIpc) is 3.29. The van der Waals surface area contributed by atoms with E-state index in [9.17, 15) is 0 Å². The molecular formula is C19H16ClN5O2. The van der Waals surface area contributed by atoms with Crippen molar-refractivity contribution in [1.82, 2.24) is 25.1 Å². The smallest absolute Gasteiger partial charge is 0.280 e. The van der Waals surface area contributed by atoms with Gasteiger partial charge in [0.25, 0.3) is 5.89 Å². The molecule has 136 valence electrons. The van der Waals surface area contributed by atoms with Crippen molar-refractivity contribution in [2.45, 2.75) is 13.8 Å². The van der Waals surface area contributed by atoms with Gasteiger partial charge < -0.3 is 9.26 Å². The summed E-state index contributed by atoms with van der Waals surface area (Å²) in [5.41, 5.74) is 4.08. The number of nitrogens with zero attached hydrogens (tertiary/aromatic N) is 5. The molecule has 7 nitrogen and oxygen atoms in total. The Balaban J connectivity index is 1.68. The lowest BCUT2D eigenvalue weighted by Gasteiger charge is -2.07. The van der Waals surface area contributed by atoms with Crippen molar-refractivity contribution in [3.05, 3.63) is 58.7 Å². The minimum Gasteiger partial charge on any atom is -0.495 e. The Morgan fingerprint density at radius 2 is 1.85 bits per heavy atom. The topological polar surface area (TPSA) is 78.9 Å². The molecule has 0 atom stereocenters. The van der Waals surface area contributed by atoms with Gasteiger partial charge in [-0.25, -0.2) is 4.68 Å². The van der Waals surface area contributed by atoms with Gasteiger partial charge in [-0.1, -0.05) is 51.8 Å². The van der Waals surface area contributed by atoms with Crippen LogP contribution in [0.1, 0.15) is 11.3 Å². The third-order valence-electron chi connectivity index (χ3n) is 4.21. The van der Waals surface area contributed by atoms with Gasteiger partial charge in [-0.3, -0.25) is 0 Å². The van der Waals surface area contributed by atoms with E-state index in [0.29, 0.717) is 28.2 Å². The summed E-state index contributed by atoms with van der Waals surface area (Å²) in [6.07, 6.45) is 0. The summed E-state index contributed by atoms with van der Waals surface area (Å²) in [5.74, 6) is 1.42. The van der Waals surface area contributed by atoms with Crippen LogP contribution in [0.15, 0.2) is 47.0 Å². The lowest BCUT2D eigenvalue weighted by molar-refractivity contribution is 0.415. The van der Waals surface area contributed by atoms with Gasteiger partial charge in [0, 0.05) is 5.56 Å². The first kappa shape index (κ1) is 17.2. The monoisotopic (exact) mass is 381 g/mol. The Bertz CT molecular complexity index is 1100. The number of methoxy groups -OCH3 is 1. The first-order valence-corrected chi connectivity index (χ1v) is 8.62. The zero-order valence-corrected chi connectivity index (χ0v) is 15.7. The molecule has 0 saturated heterocycles. The lowest BCUT2D eigenvalue weighted by atomic mass is 10.1. The summed E-state index contributed by atoms with van der Waals surface area (Å²) in [7, 11) is 1.57. The van der Waals surface area contributed by atoms with E-state index in [0.717, 1.165) is 16.9 Å². The fourth-order valence-corrected chi connectivity index (χ4v) is 2.95. The zero-order valence-electron chi connectivity index (χ0n) is 15.0. The number of benzene rings is 2. The molecule has 2 heterocycles. The molecular weight excluding hydrogens is 366 g/mol. The highest BCUT2D eigenvalue weighted by molar-refractivity contribution is 6.32. The van der Waals surface area contributed by atoms with Crippen molar-refractivity contribution in [2.24, 2.45) is 0 Å². The molecule has 4 aromatic rings. The van der Waals surface area contributed by atoms with Crippen LogP contribution in [0.5, 0.6) is 5.75 Å². The third-order valence-corrected chi connectivity index (χ3v) is 4.51. The number of rotatable bonds is 4. The molecule has 0 bridgehead atoms. The van der Waals surface area contributed by atoms with Gasteiger partial charge in [-0.15, -0.1) is 5.10 Å². The fourth-order valence-electron chi connectivity index (χ4n) is 2.70. The molecule has 0 fully saturated rings. The van der Waals surface area contributed by atoms with E-state index in [2.05, 4.69) is 20.5 Å². The largest absolute Gasteiger partial charge is 0.495 e. The van der Waals surface area contributed by atoms with Gasteiger partial charge >= 0.3 is 0 Å². The molecule has 0 spiro atoms. The summed E-state index contributed by atoms with van der Waals surface area (Å²) in [6.45, 7) is 3.90. The van der Waals surface area contributed by atoms with E-state index in [1.54, 1.807) is 23.9 Å². The highest BCUT2D eigenvalue weighted by Gasteiger charge is 2.19. The molecule has 0 amide bonds. The molecule has 0 radical (unpaired) electrons. The minimum absolute atomic E-state index is 0.314. The quantitative estimate of drug-likeness (QED) is 0.525. The van der Waals surface area contributed by atoms with Crippen LogP contribution >= 0.6 is 11.6 Å². The van der Waals surface area contributed by atoms with Gasteiger partial charge in [-0.05, 0) is 32.0 Å². The summed E-state index contributed by atoms with van der Waals surface area (Å²) in [5, 5.41) is 12.9. The summed E-state index contributed by atoms with van der Waals surface area (Å²) in [4.78, 5) is 4.45. The number of hydrogen-bond donors (Lipinski definition) is 0. The molecule has 0 unspecified atom stereocenters. The summed E-state index contributed by atoms with van der Waals surface area (Å²) >= 11 is 6.21. The van der Waals surface area contributed by atoms with Crippen LogP contribution < -0.4 is 4.74 Å². The second-order valence-corrected chi connectivity index (χ2v) is 6.45. The second kappa shape index (κ2) is 6.85. The number of ether oxygens (including phenoxy) is 1. The van der Waals surface area contributed by atoms with Crippen molar-refractivity contribution in [1.29, 1.82) is 0 Å². The van der Waals surface area contributed by atoms with E-state index in [-0.39, 0.29) is 0 Å². The van der Waals surface area contributed by atoms with Crippen LogP contribution in [0, 0.1) is 13.8 Å². The van der Waals surface area contributed by atoms with Crippen molar-refractivity contribution >= 4 is 11.6 Å². The average molecular weight is 382 g/mol. The predicted molar refractivity (Wildman–Crippen MR) is 101 cm³/mol. The predicted octanol–water partition coefficient (Wildman–Crippen LogP) is 4.26. The molecule has 0 aliphatic heterocycles. The number of halogens is 1. The van der Waals surface area contributed by atoms with Crippen molar-refractivity contribution in [2.75, 3.05) is 7.11 Å². The van der Waals surface area contributed by atoms with Crippen molar-refractivity contribution in [3.63, 3.8) is 0 Å². The van der Waals surface area contributed by atoms with Gasteiger partial charge in [0.1, 0.15) is 5.75 Å². The molecule has 8 heteroatoms. The molecule has 0 saturated carbocycles. The van der Waals surface area contributed by atoms with Crippen LogP contribution in [-0.2, 0) is 0 Å². The third kappa shape index (κ3) is 3.17. The Morgan fingerprint density at radius 3 is 2.56 bits per heavy atom. The van der Waals surface area contributed by atoms with Gasteiger partial charge in [0.15, 0.2) is 5.69 Å². The van der Waals surface area contributed by atoms with Crippen LogP contribution in [0.4, 0.5) is 0 Å². The first-order chi connectivity index (χ1) is 13.1. The lowest BCUT2D eigenvalue weighted by Crippen LogP contribution is -1.99. The summed E-state index contributed by atoms with van der Waals surface area (Å²) in [6, 6.07) is 13.3. The highest BCUT2D eigenvalue weighted by atomic mass is 35.5. The van der Waals surface area contributed by atoms with E-state index in [1.165, 1.54) is 5.56 Å². The first-order valence-electron chi connectivity index (χ1n) is 8.24. The number of aromatic nitrogens is 5. The molecule has 0 aliphatic carbocycles. The Kier molecular flexibility index (Phi) is 4.37. The van der Waals surface area contributed by atoms with Crippen molar-refractivity contribution < 1.29 is 9.26 Å². The maximum absolute atomic E-state index is 6.21. The van der Waals surface area contributed by atoms with Crippen LogP contribution in [0.3, 0.4) is 0 Å². The van der Waals surface area contributed by atoms with Crippen LogP contribution in [-0.4, -0.2) is 32.2 Å². The number of aryl methyl sites for hydroxylation is 1. The minimum atomic E-state index is 0.314. The van der Waals surface area contributed by atoms with Crippen molar-refractivity contribution in [3.8, 4) is 34.4 Å². The fraction of sp³-hybridized carbons (Fsp3) is 0.158. The Labute approximate surface area is 160 Å². The Hall–Kier alpha value is -3.19. The molecule has 0 N–H and O–H groups in total. The van der Waals surface area contributed by atoms with E-state index >= 15 is 0 Å². The Morgan fingerprint density at radius 1 is 1.07 bits per heavy atom. The molecule has 4 rings (SSSR count). The molecule has 27 heavy (non-hydrogen) atoms. The van der Waals surface area contributed by atoms with Crippen LogP contribution in [0.2, 0.25) is 5.02 Å². The van der Waals surface area contributed by atoms with E-state index < -0.39 is 0 Å². The maximum Gasteiger partial charge on any atom is 0.280 e. The second-order valence-electron chi connectivity index (χ2n) is 6.04. The standard InChI is InChI=1S/C19H16ClN5O2/c1-11-4-6-13(7-5-11)18-21-19(27-23-18)17-12(2)25(24-22-17)14-8-9-16(26-3)15(20)10-14/h4-10H,1-3H3. The van der Waals surface area contributed by atoms with E-state index in [4.69, 9.17) is 20.9 Å². The SMILES string of the molecule is COc1ccc(-n2nnc(-c3nc(-c4ccc(C)cc4)no3)c2C)cc1Cl. The normalized spacial score (nSPS) is 11.0.